The Hall–Kier alpha value is -2.98. The number of nitrogens with zero attached hydrogens (tertiary/aromatic N) is 2. The highest BCUT2D eigenvalue weighted by Crippen LogP contribution is 2.39. The Morgan fingerprint density at radius 2 is 1.89 bits per heavy atom. The van der Waals surface area contributed by atoms with Crippen LogP contribution in [-0.4, -0.2) is 36.7 Å². The number of halogens is 2. The van der Waals surface area contributed by atoms with Crippen molar-refractivity contribution in [2.24, 2.45) is 0 Å². The second kappa shape index (κ2) is 7.56. The smallest absolute Gasteiger partial charge is 0.269 e. The van der Waals surface area contributed by atoms with Crippen molar-refractivity contribution in [1.82, 2.24) is 8.96 Å². The van der Waals surface area contributed by atoms with E-state index < -0.39 is 28.3 Å². The third kappa shape index (κ3) is 3.32. The lowest BCUT2D eigenvalue weighted by molar-refractivity contribution is 0.274. The molecular formula is C18H16F2N2O5S. The number of benzene rings is 1. The van der Waals surface area contributed by atoms with Crippen molar-refractivity contribution >= 4 is 10.0 Å². The van der Waals surface area contributed by atoms with Gasteiger partial charge in [-0.25, -0.2) is 26.2 Å². The summed E-state index contributed by atoms with van der Waals surface area (Å²) in [5, 5.41) is 9.58. The van der Waals surface area contributed by atoms with Crippen molar-refractivity contribution in [3.63, 3.8) is 0 Å². The number of hydrogen-bond acceptors (Lipinski definition) is 6. The molecule has 2 heterocycles. The summed E-state index contributed by atoms with van der Waals surface area (Å²) in [5.74, 6) is -1.63. The predicted octanol–water partition coefficient (Wildman–Crippen LogP) is 2.57. The molecule has 28 heavy (non-hydrogen) atoms. The first-order valence-corrected chi connectivity index (χ1v) is 9.37. The molecule has 2 aromatic heterocycles. The molecule has 0 bridgehead atoms. The van der Waals surface area contributed by atoms with Crippen molar-refractivity contribution in [3.8, 4) is 22.9 Å². The van der Waals surface area contributed by atoms with Crippen molar-refractivity contribution in [1.29, 1.82) is 0 Å². The summed E-state index contributed by atoms with van der Waals surface area (Å²) in [7, 11) is -1.60. The molecule has 0 fully saturated rings. The summed E-state index contributed by atoms with van der Waals surface area (Å²) in [6.07, 6.45) is 2.21. The number of hydrogen-bond donors (Lipinski definition) is 1. The number of aliphatic hydroxyl groups is 1. The number of aliphatic hydroxyl groups excluding tert-OH is 1. The van der Waals surface area contributed by atoms with Gasteiger partial charge in [-0.2, -0.15) is 0 Å². The van der Waals surface area contributed by atoms with Gasteiger partial charge in [-0.3, -0.25) is 0 Å². The third-order valence-electron chi connectivity index (χ3n) is 4.04. The first-order chi connectivity index (χ1) is 13.3. The Balaban J connectivity index is 2.29. The average molecular weight is 410 g/mol. The molecule has 0 saturated carbocycles. The van der Waals surface area contributed by atoms with Crippen LogP contribution in [0.2, 0.25) is 0 Å². The molecule has 0 aliphatic rings. The van der Waals surface area contributed by atoms with E-state index in [2.05, 4.69) is 4.98 Å². The van der Waals surface area contributed by atoms with E-state index >= 15 is 0 Å². The van der Waals surface area contributed by atoms with Gasteiger partial charge in [0.15, 0.2) is 5.75 Å². The molecule has 0 amide bonds. The van der Waals surface area contributed by atoms with Gasteiger partial charge in [-0.05, 0) is 18.2 Å². The molecule has 0 radical (unpaired) electrons. The van der Waals surface area contributed by atoms with Gasteiger partial charge in [0.2, 0.25) is 5.88 Å². The molecule has 7 nitrogen and oxygen atoms in total. The van der Waals surface area contributed by atoms with E-state index in [9.17, 15) is 22.3 Å². The van der Waals surface area contributed by atoms with Crippen LogP contribution in [0, 0.1) is 11.6 Å². The van der Waals surface area contributed by atoms with Gasteiger partial charge in [-0.1, -0.05) is 0 Å². The van der Waals surface area contributed by atoms with Crippen molar-refractivity contribution in [2.75, 3.05) is 14.2 Å². The van der Waals surface area contributed by atoms with Gasteiger partial charge in [0, 0.05) is 29.5 Å². The van der Waals surface area contributed by atoms with E-state index in [0.717, 1.165) is 28.5 Å². The van der Waals surface area contributed by atoms with Gasteiger partial charge in [0.05, 0.1) is 27.0 Å². The van der Waals surface area contributed by atoms with E-state index in [0.29, 0.717) is 6.07 Å². The lowest BCUT2D eigenvalue weighted by Crippen LogP contribution is -2.14. The predicted molar refractivity (Wildman–Crippen MR) is 95.6 cm³/mol. The fourth-order valence-electron chi connectivity index (χ4n) is 2.72. The van der Waals surface area contributed by atoms with Crippen LogP contribution >= 0.6 is 0 Å². The van der Waals surface area contributed by atoms with E-state index in [-0.39, 0.29) is 33.3 Å². The molecule has 0 atom stereocenters. The molecule has 1 N–H and O–H groups in total. The summed E-state index contributed by atoms with van der Waals surface area (Å²) in [5.41, 5.74) is -0.269. The minimum atomic E-state index is -4.24. The second-order valence-corrected chi connectivity index (χ2v) is 7.47. The molecule has 148 valence electrons. The number of rotatable bonds is 6. The van der Waals surface area contributed by atoms with Crippen LogP contribution in [-0.2, 0) is 16.6 Å². The average Bonchev–Trinajstić information content (AvgIpc) is 3.07. The molecule has 3 rings (SSSR count). The second-order valence-electron chi connectivity index (χ2n) is 5.66. The normalized spacial score (nSPS) is 11.5. The summed E-state index contributed by atoms with van der Waals surface area (Å²) in [6.45, 7) is -0.553. The van der Waals surface area contributed by atoms with Crippen LogP contribution in [0.1, 0.15) is 5.56 Å². The zero-order valence-corrected chi connectivity index (χ0v) is 15.7. The Morgan fingerprint density at radius 3 is 2.43 bits per heavy atom. The number of methoxy groups -OCH3 is 2. The van der Waals surface area contributed by atoms with E-state index in [1.54, 1.807) is 0 Å². The SMILES string of the molecule is COc1ccc(S(=O)(=O)n2cc(CO)c(OC)c2-c2ccc(F)cc2F)cn1. The molecular weight excluding hydrogens is 394 g/mol. The number of aromatic nitrogens is 2. The van der Waals surface area contributed by atoms with Gasteiger partial charge < -0.3 is 14.6 Å². The molecule has 10 heteroatoms. The minimum Gasteiger partial charge on any atom is -0.494 e. The van der Waals surface area contributed by atoms with Gasteiger partial charge >= 0.3 is 0 Å². The minimum absolute atomic E-state index is 0.0435. The lowest BCUT2D eigenvalue weighted by Gasteiger charge is -2.13. The molecule has 0 unspecified atom stereocenters. The van der Waals surface area contributed by atoms with Crippen LogP contribution in [0.15, 0.2) is 47.6 Å². The molecule has 0 aliphatic heterocycles. The molecule has 0 aliphatic carbocycles. The first kappa shape index (κ1) is 19.8. The molecule has 1 aromatic carbocycles. The van der Waals surface area contributed by atoms with Crippen molar-refractivity contribution < 1.29 is 31.8 Å². The van der Waals surface area contributed by atoms with Crippen LogP contribution < -0.4 is 9.47 Å². The maximum atomic E-state index is 14.4. The van der Waals surface area contributed by atoms with E-state index in [1.165, 1.54) is 26.4 Å². The fraction of sp³-hybridized carbons (Fsp3) is 0.167. The molecule has 0 saturated heterocycles. The maximum absolute atomic E-state index is 14.4. The van der Waals surface area contributed by atoms with Crippen molar-refractivity contribution in [2.45, 2.75) is 11.5 Å². The van der Waals surface area contributed by atoms with Crippen LogP contribution in [0.4, 0.5) is 8.78 Å². The highest BCUT2D eigenvalue weighted by Gasteiger charge is 2.28. The number of ether oxygens (including phenoxy) is 2. The topological polar surface area (TPSA) is 90.7 Å². The van der Waals surface area contributed by atoms with E-state index in [4.69, 9.17) is 9.47 Å². The third-order valence-corrected chi connectivity index (χ3v) is 5.68. The zero-order valence-electron chi connectivity index (χ0n) is 14.9. The first-order valence-electron chi connectivity index (χ1n) is 7.93. The largest absolute Gasteiger partial charge is 0.494 e. The van der Waals surface area contributed by atoms with Crippen LogP contribution in [0.3, 0.4) is 0 Å². The highest BCUT2D eigenvalue weighted by molar-refractivity contribution is 7.90. The summed E-state index contributed by atoms with van der Waals surface area (Å²) in [4.78, 5) is 3.68. The lowest BCUT2D eigenvalue weighted by atomic mass is 10.1. The van der Waals surface area contributed by atoms with Crippen LogP contribution in [0.25, 0.3) is 11.3 Å². The van der Waals surface area contributed by atoms with E-state index in [1.807, 2.05) is 0 Å². The summed E-state index contributed by atoms with van der Waals surface area (Å²) in [6, 6.07) is 5.36. The monoisotopic (exact) mass is 410 g/mol. The summed E-state index contributed by atoms with van der Waals surface area (Å²) >= 11 is 0. The van der Waals surface area contributed by atoms with Gasteiger partial charge in [0.1, 0.15) is 22.2 Å². The molecule has 0 spiro atoms. The maximum Gasteiger partial charge on any atom is 0.269 e. The quantitative estimate of drug-likeness (QED) is 0.672. The number of pyridine rings is 1. The zero-order chi connectivity index (χ0) is 20.5. The fourth-order valence-corrected chi connectivity index (χ4v) is 4.06. The Kier molecular flexibility index (Phi) is 5.34. The van der Waals surface area contributed by atoms with Gasteiger partial charge in [0.25, 0.3) is 10.0 Å². The Bertz CT molecular complexity index is 1110. The standard InChI is InChI=1S/C18H16F2N2O5S/c1-26-16-6-4-13(8-21-16)28(24,25)22-9-11(10-23)18(27-2)17(22)14-5-3-12(19)7-15(14)20/h3-9,23H,10H2,1-2H3. The van der Waals surface area contributed by atoms with Gasteiger partial charge in [-0.15, -0.1) is 0 Å². The highest BCUT2D eigenvalue weighted by atomic mass is 32.2. The van der Waals surface area contributed by atoms with Crippen LogP contribution in [0.5, 0.6) is 11.6 Å². The van der Waals surface area contributed by atoms with Crippen molar-refractivity contribution in [3.05, 3.63) is 59.9 Å². The Morgan fingerprint density at radius 1 is 1.14 bits per heavy atom. The Labute approximate surface area is 159 Å². The molecule has 3 aromatic rings. The summed E-state index contributed by atoms with van der Waals surface area (Å²) < 4.78 is 65.0.